The van der Waals surface area contributed by atoms with Crippen molar-refractivity contribution in [3.63, 3.8) is 0 Å². The fourth-order valence-electron chi connectivity index (χ4n) is 1.55. The van der Waals surface area contributed by atoms with Crippen LogP contribution in [-0.2, 0) is 0 Å². The maximum atomic E-state index is 12.2. The third kappa shape index (κ3) is 3.72. The Kier molecular flexibility index (Phi) is 4.90. The molecular formula is C12H7Cl3F2OS. The molecule has 0 spiro atoms. The molecule has 1 nitrogen and oxygen atoms in total. The molecule has 1 aromatic heterocycles. The average molecular weight is 344 g/mol. The van der Waals surface area contributed by atoms with Gasteiger partial charge in [-0.1, -0.05) is 35.3 Å². The molecule has 19 heavy (non-hydrogen) atoms. The van der Waals surface area contributed by atoms with Gasteiger partial charge in [-0.15, -0.1) is 22.9 Å². The molecule has 2 aromatic rings. The molecule has 7 heteroatoms. The SMILES string of the molecule is FC(F)Oc1cccc(C(Cl)c2cc(Cl)sc2Cl)c1. The molecule has 0 amide bonds. The number of rotatable bonds is 4. The van der Waals surface area contributed by atoms with E-state index in [0.717, 1.165) is 0 Å². The molecule has 2 rings (SSSR count). The van der Waals surface area contributed by atoms with E-state index in [1.54, 1.807) is 18.2 Å². The van der Waals surface area contributed by atoms with Crippen LogP contribution in [0.2, 0.25) is 8.67 Å². The van der Waals surface area contributed by atoms with Crippen molar-refractivity contribution >= 4 is 46.1 Å². The zero-order valence-corrected chi connectivity index (χ0v) is 12.3. The normalized spacial score (nSPS) is 12.7. The minimum atomic E-state index is -2.87. The van der Waals surface area contributed by atoms with Crippen LogP contribution in [0.15, 0.2) is 30.3 Å². The summed E-state index contributed by atoms with van der Waals surface area (Å²) in [5.74, 6) is 0.0515. The lowest BCUT2D eigenvalue weighted by molar-refractivity contribution is -0.0498. The van der Waals surface area contributed by atoms with Gasteiger partial charge in [0.2, 0.25) is 0 Å². The van der Waals surface area contributed by atoms with Gasteiger partial charge in [-0.2, -0.15) is 8.78 Å². The summed E-state index contributed by atoms with van der Waals surface area (Å²) in [4.78, 5) is 0. The van der Waals surface area contributed by atoms with E-state index in [1.807, 2.05) is 0 Å². The number of ether oxygens (including phenoxy) is 1. The first kappa shape index (κ1) is 14.9. The van der Waals surface area contributed by atoms with Crippen LogP contribution < -0.4 is 4.74 Å². The topological polar surface area (TPSA) is 9.23 Å². The van der Waals surface area contributed by atoms with Crippen LogP contribution in [-0.4, -0.2) is 6.61 Å². The highest BCUT2D eigenvalue weighted by Crippen LogP contribution is 2.41. The van der Waals surface area contributed by atoms with E-state index < -0.39 is 12.0 Å². The highest BCUT2D eigenvalue weighted by atomic mass is 35.5. The number of thiophene rings is 1. The summed E-state index contributed by atoms with van der Waals surface area (Å²) in [7, 11) is 0. The van der Waals surface area contributed by atoms with Crippen molar-refractivity contribution in [2.75, 3.05) is 0 Å². The lowest BCUT2D eigenvalue weighted by Crippen LogP contribution is -2.02. The van der Waals surface area contributed by atoms with Crippen LogP contribution in [0.4, 0.5) is 8.78 Å². The molecule has 1 atom stereocenters. The second-order valence-corrected chi connectivity index (χ2v) is 6.32. The lowest BCUT2D eigenvalue weighted by Gasteiger charge is -2.11. The molecule has 0 aliphatic rings. The van der Waals surface area contributed by atoms with E-state index in [4.69, 9.17) is 34.8 Å². The van der Waals surface area contributed by atoms with Crippen molar-refractivity contribution in [1.82, 2.24) is 0 Å². The highest BCUT2D eigenvalue weighted by Gasteiger charge is 2.18. The summed E-state index contributed by atoms with van der Waals surface area (Å²) in [6.07, 6.45) is 0. The molecular weight excluding hydrogens is 337 g/mol. The van der Waals surface area contributed by atoms with E-state index in [1.165, 1.54) is 23.5 Å². The molecule has 0 saturated carbocycles. The summed E-state index contributed by atoms with van der Waals surface area (Å²) in [5, 5.41) is -0.572. The molecule has 0 N–H and O–H groups in total. The van der Waals surface area contributed by atoms with Gasteiger partial charge >= 0.3 is 6.61 Å². The Morgan fingerprint density at radius 3 is 2.47 bits per heavy atom. The van der Waals surface area contributed by atoms with Crippen molar-refractivity contribution < 1.29 is 13.5 Å². The van der Waals surface area contributed by atoms with Gasteiger partial charge in [0, 0.05) is 5.56 Å². The van der Waals surface area contributed by atoms with Crippen LogP contribution in [0, 0.1) is 0 Å². The number of halogens is 5. The Balaban J connectivity index is 2.28. The van der Waals surface area contributed by atoms with Gasteiger partial charge < -0.3 is 4.74 Å². The van der Waals surface area contributed by atoms with Gasteiger partial charge in [0.1, 0.15) is 5.75 Å². The van der Waals surface area contributed by atoms with Crippen molar-refractivity contribution in [2.24, 2.45) is 0 Å². The molecule has 0 aliphatic carbocycles. The number of hydrogen-bond acceptors (Lipinski definition) is 2. The predicted octanol–water partition coefficient (Wildman–Crippen LogP) is 5.98. The van der Waals surface area contributed by atoms with E-state index in [2.05, 4.69) is 4.74 Å². The van der Waals surface area contributed by atoms with Crippen LogP contribution in [0.1, 0.15) is 16.5 Å². The Morgan fingerprint density at radius 2 is 1.89 bits per heavy atom. The zero-order valence-electron chi connectivity index (χ0n) is 9.25. The largest absolute Gasteiger partial charge is 0.435 e. The van der Waals surface area contributed by atoms with Gasteiger partial charge in [-0.3, -0.25) is 0 Å². The summed E-state index contributed by atoms with van der Waals surface area (Å²) in [6, 6.07) is 7.84. The van der Waals surface area contributed by atoms with Gasteiger partial charge in [0.05, 0.1) is 14.0 Å². The van der Waals surface area contributed by atoms with Crippen LogP contribution in [0.25, 0.3) is 0 Å². The third-order valence-electron chi connectivity index (χ3n) is 2.33. The molecule has 1 heterocycles. The van der Waals surface area contributed by atoms with Crippen molar-refractivity contribution in [3.05, 3.63) is 50.1 Å². The number of benzene rings is 1. The number of hydrogen-bond donors (Lipinski definition) is 0. The molecule has 0 radical (unpaired) electrons. The molecule has 0 aliphatic heterocycles. The molecule has 102 valence electrons. The Bertz CT molecular complexity index is 574. The maximum Gasteiger partial charge on any atom is 0.387 e. The maximum absolute atomic E-state index is 12.2. The quantitative estimate of drug-likeness (QED) is 0.620. The fourth-order valence-corrected chi connectivity index (χ4v) is 3.51. The zero-order chi connectivity index (χ0) is 14.0. The summed E-state index contributed by atoms with van der Waals surface area (Å²) < 4.78 is 29.6. The third-order valence-corrected chi connectivity index (χ3v) is 4.34. The van der Waals surface area contributed by atoms with Crippen LogP contribution >= 0.6 is 46.1 Å². The predicted molar refractivity (Wildman–Crippen MR) is 75.1 cm³/mol. The average Bonchev–Trinajstić information content (AvgIpc) is 2.67. The van der Waals surface area contributed by atoms with Crippen LogP contribution in [0.3, 0.4) is 0 Å². The smallest absolute Gasteiger partial charge is 0.387 e. The van der Waals surface area contributed by atoms with Crippen LogP contribution in [0.5, 0.6) is 5.75 Å². The first-order valence-electron chi connectivity index (χ1n) is 5.11. The Labute approximate surface area is 127 Å². The first-order valence-corrected chi connectivity index (χ1v) is 7.12. The van der Waals surface area contributed by atoms with E-state index in [9.17, 15) is 8.78 Å². The summed E-state index contributed by atoms with van der Waals surface area (Å²) in [5.41, 5.74) is 1.25. The van der Waals surface area contributed by atoms with Gasteiger partial charge in [0.15, 0.2) is 0 Å². The second-order valence-electron chi connectivity index (χ2n) is 3.59. The summed E-state index contributed by atoms with van der Waals surface area (Å²) >= 11 is 19.3. The minimum Gasteiger partial charge on any atom is -0.435 e. The van der Waals surface area contributed by atoms with Crippen molar-refractivity contribution in [3.8, 4) is 5.75 Å². The first-order chi connectivity index (χ1) is 8.97. The lowest BCUT2D eigenvalue weighted by atomic mass is 10.1. The molecule has 1 unspecified atom stereocenters. The molecule has 1 aromatic carbocycles. The Morgan fingerprint density at radius 1 is 1.16 bits per heavy atom. The fraction of sp³-hybridized carbons (Fsp3) is 0.167. The van der Waals surface area contributed by atoms with E-state index in [0.29, 0.717) is 19.8 Å². The highest BCUT2D eigenvalue weighted by molar-refractivity contribution is 7.20. The minimum absolute atomic E-state index is 0.0515. The summed E-state index contributed by atoms with van der Waals surface area (Å²) in [6.45, 7) is -2.87. The van der Waals surface area contributed by atoms with Gasteiger partial charge in [-0.25, -0.2) is 0 Å². The second kappa shape index (κ2) is 6.27. The van der Waals surface area contributed by atoms with Crippen molar-refractivity contribution in [1.29, 1.82) is 0 Å². The number of alkyl halides is 3. The van der Waals surface area contributed by atoms with Crippen molar-refractivity contribution in [2.45, 2.75) is 12.0 Å². The van der Waals surface area contributed by atoms with E-state index >= 15 is 0 Å². The molecule has 0 fully saturated rings. The Hall–Kier alpha value is -0.550. The monoisotopic (exact) mass is 342 g/mol. The standard InChI is InChI=1S/C12H7Cl3F2OS/c13-9-5-8(11(15)19-9)10(14)6-2-1-3-7(4-6)18-12(16)17/h1-5,10,12H. The van der Waals surface area contributed by atoms with Gasteiger partial charge in [-0.05, 0) is 23.8 Å². The molecule has 0 saturated heterocycles. The molecule has 0 bridgehead atoms. The van der Waals surface area contributed by atoms with Gasteiger partial charge in [0.25, 0.3) is 0 Å². The van der Waals surface area contributed by atoms with E-state index in [-0.39, 0.29) is 5.75 Å².